The highest BCUT2D eigenvalue weighted by molar-refractivity contribution is 7.68. The molecular weight excluding hydrogens is 502 g/mol. The minimum absolute atomic E-state index is 0.256. The molecule has 0 heterocycles. The molecular formula is C32H64P2Si2. The molecule has 0 aromatic rings. The van der Waals surface area contributed by atoms with Gasteiger partial charge in [-0.15, -0.1) is 11.1 Å². The quantitative estimate of drug-likeness (QED) is 0.148. The number of rotatable bonds is 9. The summed E-state index contributed by atoms with van der Waals surface area (Å²) in [6.45, 7) is 43.8. The van der Waals surface area contributed by atoms with E-state index < -0.39 is 16.1 Å². The number of hydrogen-bond donors (Lipinski definition) is 0. The largest absolute Gasteiger partial charge is 0.146 e. The third-order valence-electron chi connectivity index (χ3n) is 8.71. The van der Waals surface area contributed by atoms with Crippen molar-refractivity contribution in [2.75, 3.05) is 12.3 Å². The third-order valence-corrected chi connectivity index (χ3v) is 27.4. The second-order valence-electron chi connectivity index (χ2n) is 14.9. The van der Waals surface area contributed by atoms with Crippen LogP contribution in [-0.2, 0) is 0 Å². The Balaban J connectivity index is 6.41. The second kappa shape index (κ2) is 14.2. The standard InChI is InChI=1S/C32H64P2Si2/c1-25(2)35(26(3)4,27(5)6)23-21-33(31(13,14)15)19-20-34(32(16,17)18)22-24-36(28(7)8,29(9)10)30(11)12/h25-30H,19-20H2,1-18H3/t33-,34-/m1/s1. The molecule has 0 nitrogen and oxygen atoms in total. The average Bonchev–Trinajstić information content (AvgIpc) is 2.65. The Kier molecular flexibility index (Phi) is 14.3. The average molecular weight is 567 g/mol. The Hall–Kier alpha value is 0.414. The van der Waals surface area contributed by atoms with Crippen LogP contribution in [0.15, 0.2) is 0 Å². The molecule has 2 atom stereocenters. The van der Waals surface area contributed by atoms with E-state index in [4.69, 9.17) is 0 Å². The fraction of sp³-hybridized carbons (Fsp3) is 0.875. The predicted octanol–water partition coefficient (Wildman–Crippen LogP) is 11.9. The van der Waals surface area contributed by atoms with E-state index in [1.54, 1.807) is 0 Å². The van der Waals surface area contributed by atoms with Gasteiger partial charge in [0.05, 0.1) is 0 Å². The predicted molar refractivity (Wildman–Crippen MR) is 181 cm³/mol. The molecule has 0 bridgehead atoms. The highest BCUT2D eigenvalue weighted by Gasteiger charge is 2.43. The molecule has 0 amide bonds. The molecule has 0 rings (SSSR count). The second-order valence-corrected chi connectivity index (χ2v) is 31.8. The van der Waals surface area contributed by atoms with Gasteiger partial charge < -0.3 is 0 Å². The van der Waals surface area contributed by atoms with E-state index in [0.29, 0.717) is 33.2 Å². The molecule has 0 unspecified atom stereocenters. The smallest absolute Gasteiger partial charge is 0.126 e. The Morgan fingerprint density at radius 2 is 0.639 bits per heavy atom. The van der Waals surface area contributed by atoms with Crippen molar-refractivity contribution in [3.05, 3.63) is 0 Å². The Morgan fingerprint density at radius 3 is 0.778 bits per heavy atom. The van der Waals surface area contributed by atoms with E-state index >= 15 is 0 Å². The monoisotopic (exact) mass is 566 g/mol. The van der Waals surface area contributed by atoms with Crippen LogP contribution < -0.4 is 0 Å². The van der Waals surface area contributed by atoms with Gasteiger partial charge in [-0.3, -0.25) is 0 Å². The van der Waals surface area contributed by atoms with E-state index in [0.717, 1.165) is 0 Å². The van der Waals surface area contributed by atoms with Crippen LogP contribution in [0.1, 0.15) is 125 Å². The van der Waals surface area contributed by atoms with Crippen LogP contribution in [0.4, 0.5) is 0 Å². The van der Waals surface area contributed by atoms with Gasteiger partial charge in [0.25, 0.3) is 0 Å². The van der Waals surface area contributed by atoms with Crippen LogP contribution in [-0.4, -0.2) is 38.8 Å². The molecule has 0 spiro atoms. The highest BCUT2D eigenvalue weighted by Crippen LogP contribution is 2.56. The summed E-state index contributed by atoms with van der Waals surface area (Å²) in [6.07, 6.45) is 2.48. The molecule has 0 fully saturated rings. The first-order chi connectivity index (χ1) is 16.1. The summed E-state index contributed by atoms with van der Waals surface area (Å²) in [5.74, 6) is 0. The van der Waals surface area contributed by atoms with E-state index in [1.807, 2.05) is 0 Å². The normalized spacial score (nSPS) is 15.4. The zero-order chi connectivity index (χ0) is 28.9. The van der Waals surface area contributed by atoms with Gasteiger partial charge in [0.15, 0.2) is 0 Å². The van der Waals surface area contributed by atoms with E-state index in [9.17, 15) is 0 Å². The minimum atomic E-state index is -1.70. The molecule has 36 heavy (non-hydrogen) atoms. The molecule has 0 saturated heterocycles. The first-order valence-corrected chi connectivity index (χ1v) is 22.2. The maximum atomic E-state index is 4.10. The van der Waals surface area contributed by atoms with Crippen LogP contribution >= 0.6 is 15.8 Å². The maximum Gasteiger partial charge on any atom is 0.146 e. The molecule has 0 aliphatic rings. The van der Waals surface area contributed by atoms with Crippen LogP contribution in [0.2, 0.25) is 33.2 Å². The first-order valence-electron chi connectivity index (χ1n) is 14.7. The summed E-state index contributed by atoms with van der Waals surface area (Å²) in [5, 5.41) is 0.512. The Bertz CT molecular complexity index is 675. The molecule has 0 aliphatic carbocycles. The van der Waals surface area contributed by atoms with Crippen LogP contribution in [0.3, 0.4) is 0 Å². The zero-order valence-corrected chi connectivity index (χ0v) is 31.6. The highest BCUT2D eigenvalue weighted by atomic mass is 31.1. The van der Waals surface area contributed by atoms with Crippen molar-refractivity contribution in [1.82, 2.24) is 0 Å². The topological polar surface area (TPSA) is 0 Å². The molecule has 0 aliphatic heterocycles. The van der Waals surface area contributed by atoms with E-state index in [2.05, 4.69) is 147 Å². The van der Waals surface area contributed by atoms with Crippen molar-refractivity contribution in [2.24, 2.45) is 0 Å². The summed E-state index contributed by atoms with van der Waals surface area (Å²) < 4.78 is 0. The minimum Gasteiger partial charge on any atom is -0.126 e. The third kappa shape index (κ3) is 8.98. The lowest BCUT2D eigenvalue weighted by atomic mass is 10.3. The molecule has 0 N–H and O–H groups in total. The van der Waals surface area contributed by atoms with Gasteiger partial charge in [0.2, 0.25) is 0 Å². The summed E-state index contributed by atoms with van der Waals surface area (Å²) in [4.78, 5) is 0. The van der Waals surface area contributed by atoms with Crippen LogP contribution in [0.25, 0.3) is 0 Å². The fourth-order valence-corrected chi connectivity index (χ4v) is 22.7. The Morgan fingerprint density at radius 1 is 0.444 bits per heavy atom. The van der Waals surface area contributed by atoms with Gasteiger partial charge in [-0.2, -0.15) is 0 Å². The lowest BCUT2D eigenvalue weighted by Gasteiger charge is -2.39. The van der Waals surface area contributed by atoms with Gasteiger partial charge in [-0.1, -0.05) is 136 Å². The van der Waals surface area contributed by atoms with Crippen molar-refractivity contribution >= 4 is 32.0 Å². The van der Waals surface area contributed by atoms with Crippen molar-refractivity contribution in [3.8, 4) is 22.4 Å². The molecule has 0 saturated carbocycles. The molecule has 0 aromatic heterocycles. The summed E-state index contributed by atoms with van der Waals surface area (Å²) in [7, 11) is -4.13. The lowest BCUT2D eigenvalue weighted by molar-refractivity contribution is 0.781. The fourth-order valence-electron chi connectivity index (χ4n) is 6.51. The molecule has 210 valence electrons. The maximum absolute atomic E-state index is 4.10. The van der Waals surface area contributed by atoms with Crippen LogP contribution in [0.5, 0.6) is 0 Å². The van der Waals surface area contributed by atoms with E-state index in [1.165, 1.54) is 12.3 Å². The van der Waals surface area contributed by atoms with Crippen LogP contribution in [0, 0.1) is 22.4 Å². The summed E-state index contributed by atoms with van der Waals surface area (Å²) in [5.41, 5.74) is 20.4. The van der Waals surface area contributed by atoms with Crippen molar-refractivity contribution in [3.63, 3.8) is 0 Å². The number of hydrogen-bond acceptors (Lipinski definition) is 0. The van der Waals surface area contributed by atoms with Crippen molar-refractivity contribution in [2.45, 2.75) is 168 Å². The molecule has 0 radical (unpaired) electrons. The summed E-state index contributed by atoms with van der Waals surface area (Å²) in [6, 6.07) is 0. The van der Waals surface area contributed by atoms with Crippen molar-refractivity contribution < 1.29 is 0 Å². The SMILES string of the molecule is CC(C)[Si](C#C[P@@](CC[P@](C#C[Si](C(C)C)(C(C)C)C(C)C)C(C)(C)C)C(C)(C)C)(C(C)C)C(C)C. The van der Waals surface area contributed by atoms with Gasteiger partial charge in [-0.05, 0) is 71.7 Å². The molecule has 4 heteroatoms. The van der Waals surface area contributed by atoms with Gasteiger partial charge >= 0.3 is 0 Å². The molecule has 0 aromatic carbocycles. The van der Waals surface area contributed by atoms with E-state index in [-0.39, 0.29) is 26.2 Å². The first kappa shape index (κ1) is 36.4. The van der Waals surface area contributed by atoms with Crippen molar-refractivity contribution in [1.29, 1.82) is 0 Å². The Labute approximate surface area is 234 Å². The summed E-state index contributed by atoms with van der Waals surface area (Å²) >= 11 is 0. The van der Waals surface area contributed by atoms with Gasteiger partial charge in [-0.25, -0.2) is 0 Å². The van der Waals surface area contributed by atoms with Gasteiger partial charge in [0.1, 0.15) is 16.1 Å². The zero-order valence-electron chi connectivity index (χ0n) is 27.8. The van der Waals surface area contributed by atoms with Gasteiger partial charge in [0, 0.05) is 0 Å². The lowest BCUT2D eigenvalue weighted by Crippen LogP contribution is -2.43.